The van der Waals surface area contributed by atoms with Crippen molar-refractivity contribution < 1.29 is 19.4 Å². The van der Waals surface area contributed by atoms with Crippen molar-refractivity contribution in [3.63, 3.8) is 0 Å². The number of fused-ring (bicyclic) bond motifs is 1. The molecule has 2 aromatic rings. The summed E-state index contributed by atoms with van der Waals surface area (Å²) in [5.74, 6) is -0.374. The molecule has 5 heteroatoms. The molecule has 2 aromatic carbocycles. The van der Waals surface area contributed by atoms with Gasteiger partial charge in [-0.2, -0.15) is 0 Å². The summed E-state index contributed by atoms with van der Waals surface area (Å²) in [5, 5.41) is 9.09. The van der Waals surface area contributed by atoms with Crippen LogP contribution in [0.1, 0.15) is 27.0 Å². The van der Waals surface area contributed by atoms with Gasteiger partial charge in [-0.15, -0.1) is 0 Å². The third-order valence-electron chi connectivity index (χ3n) is 4.17. The fraction of sp³-hybridized carbons (Fsp3) is 0.263. The van der Waals surface area contributed by atoms with Gasteiger partial charge >= 0.3 is 5.97 Å². The van der Waals surface area contributed by atoms with Crippen molar-refractivity contribution in [3.8, 4) is 5.75 Å². The number of aromatic carboxylic acids is 1. The SMILES string of the molecule is Cc1cccc(OCC(=O)N2CCc3ccc(C(=O)O)cc3C2)c1. The molecule has 3 rings (SSSR count). The van der Waals surface area contributed by atoms with Gasteiger partial charge in [0.25, 0.3) is 5.91 Å². The average molecular weight is 325 g/mol. The van der Waals surface area contributed by atoms with E-state index in [4.69, 9.17) is 9.84 Å². The lowest BCUT2D eigenvalue weighted by atomic mass is 9.97. The van der Waals surface area contributed by atoms with Crippen molar-refractivity contribution in [2.45, 2.75) is 19.9 Å². The Labute approximate surface area is 140 Å². The van der Waals surface area contributed by atoms with Crippen molar-refractivity contribution in [1.82, 2.24) is 4.90 Å². The van der Waals surface area contributed by atoms with Crippen LogP contribution in [0.2, 0.25) is 0 Å². The maximum Gasteiger partial charge on any atom is 0.335 e. The van der Waals surface area contributed by atoms with Gasteiger partial charge in [-0.05, 0) is 54.3 Å². The van der Waals surface area contributed by atoms with E-state index in [0.29, 0.717) is 18.8 Å². The number of carbonyl (C=O) groups excluding carboxylic acids is 1. The highest BCUT2D eigenvalue weighted by molar-refractivity contribution is 5.88. The number of nitrogens with zero attached hydrogens (tertiary/aromatic N) is 1. The second-order valence-corrected chi connectivity index (χ2v) is 5.96. The van der Waals surface area contributed by atoms with Crippen LogP contribution < -0.4 is 4.74 Å². The van der Waals surface area contributed by atoms with Gasteiger partial charge < -0.3 is 14.7 Å². The monoisotopic (exact) mass is 325 g/mol. The number of benzene rings is 2. The summed E-state index contributed by atoms with van der Waals surface area (Å²) in [4.78, 5) is 25.2. The molecule has 0 aliphatic carbocycles. The van der Waals surface area contributed by atoms with Crippen LogP contribution >= 0.6 is 0 Å². The molecule has 1 aliphatic heterocycles. The highest BCUT2D eigenvalue weighted by Crippen LogP contribution is 2.21. The van der Waals surface area contributed by atoms with Crippen LogP contribution in [0.3, 0.4) is 0 Å². The van der Waals surface area contributed by atoms with E-state index in [1.165, 1.54) is 0 Å². The molecule has 0 bridgehead atoms. The summed E-state index contributed by atoms with van der Waals surface area (Å²) >= 11 is 0. The van der Waals surface area contributed by atoms with E-state index in [9.17, 15) is 9.59 Å². The molecule has 1 heterocycles. The largest absolute Gasteiger partial charge is 0.484 e. The van der Waals surface area contributed by atoms with Crippen molar-refractivity contribution in [3.05, 3.63) is 64.7 Å². The molecule has 0 saturated heterocycles. The molecule has 1 amide bonds. The molecule has 0 saturated carbocycles. The van der Waals surface area contributed by atoms with E-state index in [-0.39, 0.29) is 18.1 Å². The zero-order chi connectivity index (χ0) is 17.1. The van der Waals surface area contributed by atoms with E-state index >= 15 is 0 Å². The fourth-order valence-electron chi connectivity index (χ4n) is 2.84. The predicted octanol–water partition coefficient (Wildman–Crippen LogP) is 2.66. The summed E-state index contributed by atoms with van der Waals surface area (Å²) in [6.45, 7) is 3.00. The Bertz CT molecular complexity index is 785. The topological polar surface area (TPSA) is 66.8 Å². The highest BCUT2D eigenvalue weighted by Gasteiger charge is 2.22. The van der Waals surface area contributed by atoms with Crippen LogP contribution in [-0.2, 0) is 17.8 Å². The van der Waals surface area contributed by atoms with E-state index in [1.807, 2.05) is 37.3 Å². The van der Waals surface area contributed by atoms with Gasteiger partial charge in [-0.3, -0.25) is 4.79 Å². The molecular formula is C19H19NO4. The summed E-state index contributed by atoms with van der Waals surface area (Å²) < 4.78 is 5.57. The molecule has 1 aliphatic rings. The lowest BCUT2D eigenvalue weighted by Gasteiger charge is -2.29. The van der Waals surface area contributed by atoms with Crippen LogP contribution in [-0.4, -0.2) is 35.0 Å². The average Bonchev–Trinajstić information content (AvgIpc) is 2.58. The molecule has 124 valence electrons. The Kier molecular flexibility index (Phi) is 4.51. The Hall–Kier alpha value is -2.82. The number of carbonyl (C=O) groups is 2. The van der Waals surface area contributed by atoms with Gasteiger partial charge in [0, 0.05) is 13.1 Å². The third-order valence-corrected chi connectivity index (χ3v) is 4.17. The fourth-order valence-corrected chi connectivity index (χ4v) is 2.84. The highest BCUT2D eigenvalue weighted by atomic mass is 16.5. The third kappa shape index (κ3) is 3.56. The first kappa shape index (κ1) is 16.1. The quantitative estimate of drug-likeness (QED) is 0.938. The molecular weight excluding hydrogens is 306 g/mol. The normalized spacial score (nSPS) is 13.3. The lowest BCUT2D eigenvalue weighted by molar-refractivity contribution is -0.134. The summed E-state index contributed by atoms with van der Waals surface area (Å²) in [7, 11) is 0. The van der Waals surface area contributed by atoms with Crippen LogP contribution in [0.5, 0.6) is 5.75 Å². The molecule has 0 fully saturated rings. The van der Waals surface area contributed by atoms with Gasteiger partial charge in [0.15, 0.2) is 6.61 Å². The first-order chi connectivity index (χ1) is 11.5. The van der Waals surface area contributed by atoms with E-state index < -0.39 is 5.97 Å². The van der Waals surface area contributed by atoms with Gasteiger partial charge in [-0.1, -0.05) is 18.2 Å². The van der Waals surface area contributed by atoms with E-state index in [0.717, 1.165) is 23.1 Å². The van der Waals surface area contributed by atoms with E-state index in [2.05, 4.69) is 0 Å². The van der Waals surface area contributed by atoms with Crippen molar-refractivity contribution in [1.29, 1.82) is 0 Å². The number of carboxylic acid groups (broad SMARTS) is 1. The second kappa shape index (κ2) is 6.74. The second-order valence-electron chi connectivity index (χ2n) is 5.96. The molecule has 0 unspecified atom stereocenters. The number of aryl methyl sites for hydroxylation is 1. The van der Waals surface area contributed by atoms with Gasteiger partial charge in [0.1, 0.15) is 5.75 Å². The molecule has 24 heavy (non-hydrogen) atoms. The minimum atomic E-state index is -0.955. The summed E-state index contributed by atoms with van der Waals surface area (Å²) in [5.41, 5.74) is 3.32. The smallest absolute Gasteiger partial charge is 0.335 e. The molecule has 5 nitrogen and oxygen atoms in total. The van der Waals surface area contributed by atoms with Gasteiger partial charge in [0.2, 0.25) is 0 Å². The standard InChI is InChI=1S/C19H19NO4/c1-13-3-2-4-17(9-13)24-12-18(21)20-8-7-14-5-6-15(19(22)23)10-16(14)11-20/h2-6,9-10H,7-8,11-12H2,1H3,(H,22,23). The van der Waals surface area contributed by atoms with Gasteiger partial charge in [-0.25, -0.2) is 4.79 Å². The number of rotatable bonds is 4. The lowest BCUT2D eigenvalue weighted by Crippen LogP contribution is -2.38. The minimum absolute atomic E-state index is 0.0165. The Morgan fingerprint density at radius 3 is 2.75 bits per heavy atom. The van der Waals surface area contributed by atoms with Crippen molar-refractivity contribution in [2.24, 2.45) is 0 Å². The summed E-state index contributed by atoms with van der Waals surface area (Å²) in [6, 6.07) is 12.7. The first-order valence-corrected chi connectivity index (χ1v) is 7.85. The molecule has 0 radical (unpaired) electrons. The number of hydrogen-bond acceptors (Lipinski definition) is 3. The van der Waals surface area contributed by atoms with Crippen LogP contribution in [0.15, 0.2) is 42.5 Å². The van der Waals surface area contributed by atoms with Crippen molar-refractivity contribution in [2.75, 3.05) is 13.2 Å². The molecule has 0 aromatic heterocycles. The Morgan fingerprint density at radius 1 is 1.17 bits per heavy atom. The first-order valence-electron chi connectivity index (χ1n) is 7.85. The predicted molar refractivity (Wildman–Crippen MR) is 89.2 cm³/mol. The van der Waals surface area contributed by atoms with Crippen LogP contribution in [0, 0.1) is 6.92 Å². The number of amides is 1. The Morgan fingerprint density at radius 2 is 2.00 bits per heavy atom. The zero-order valence-corrected chi connectivity index (χ0v) is 13.5. The number of carboxylic acids is 1. The minimum Gasteiger partial charge on any atom is -0.484 e. The zero-order valence-electron chi connectivity index (χ0n) is 13.5. The van der Waals surface area contributed by atoms with E-state index in [1.54, 1.807) is 17.0 Å². The molecule has 1 N–H and O–H groups in total. The maximum absolute atomic E-state index is 12.4. The maximum atomic E-state index is 12.4. The molecule has 0 spiro atoms. The summed E-state index contributed by atoms with van der Waals surface area (Å²) in [6.07, 6.45) is 0.728. The number of hydrogen-bond donors (Lipinski definition) is 1. The van der Waals surface area contributed by atoms with Crippen LogP contribution in [0.4, 0.5) is 0 Å². The number of ether oxygens (including phenoxy) is 1. The Balaban J connectivity index is 1.65. The van der Waals surface area contributed by atoms with Crippen molar-refractivity contribution >= 4 is 11.9 Å². The van der Waals surface area contributed by atoms with Gasteiger partial charge in [0.05, 0.1) is 5.56 Å². The molecule has 0 atom stereocenters. The van der Waals surface area contributed by atoms with Crippen LogP contribution in [0.25, 0.3) is 0 Å².